The van der Waals surface area contributed by atoms with Crippen LogP contribution in [-0.4, -0.2) is 37.7 Å². The van der Waals surface area contributed by atoms with Gasteiger partial charge in [-0.05, 0) is 37.1 Å². The first-order valence-corrected chi connectivity index (χ1v) is 9.88. The van der Waals surface area contributed by atoms with E-state index in [2.05, 4.69) is 35.9 Å². The third-order valence-electron chi connectivity index (χ3n) is 5.38. The van der Waals surface area contributed by atoms with Gasteiger partial charge in [-0.25, -0.2) is 4.98 Å². The first kappa shape index (κ1) is 18.2. The summed E-state index contributed by atoms with van der Waals surface area (Å²) in [5.41, 5.74) is 4.76. The number of aryl methyl sites for hydroxylation is 1. The van der Waals surface area contributed by atoms with E-state index in [1.165, 1.54) is 0 Å². The van der Waals surface area contributed by atoms with Gasteiger partial charge in [0.2, 0.25) is 5.62 Å². The third-order valence-corrected chi connectivity index (χ3v) is 5.38. The van der Waals surface area contributed by atoms with E-state index in [0.29, 0.717) is 11.3 Å². The van der Waals surface area contributed by atoms with E-state index in [1.54, 1.807) is 30.9 Å². The number of rotatable bonds is 2. The summed E-state index contributed by atoms with van der Waals surface area (Å²) in [4.78, 5) is 29.5. The van der Waals surface area contributed by atoms with Gasteiger partial charge < -0.3 is 9.88 Å². The summed E-state index contributed by atoms with van der Waals surface area (Å²) < 4.78 is 3.81. The lowest BCUT2D eigenvalue weighted by atomic mass is 10.0. The van der Waals surface area contributed by atoms with Crippen LogP contribution in [0.3, 0.4) is 0 Å². The second-order valence-corrected chi connectivity index (χ2v) is 7.25. The molecule has 1 aromatic heterocycles. The highest BCUT2D eigenvalue weighted by atomic mass is 16.1. The Morgan fingerprint density at radius 3 is 2.77 bits per heavy atom. The Morgan fingerprint density at radius 1 is 1.13 bits per heavy atom. The van der Waals surface area contributed by atoms with Gasteiger partial charge in [-0.3, -0.25) is 19.3 Å². The zero-order valence-electron chi connectivity index (χ0n) is 16.8. The molecule has 0 bridgehead atoms. The molecule has 0 unspecified atom stereocenters. The van der Waals surface area contributed by atoms with E-state index in [4.69, 9.17) is 0 Å². The van der Waals surface area contributed by atoms with Gasteiger partial charge in [0.1, 0.15) is 17.3 Å². The monoisotopic (exact) mass is 399 g/mol. The summed E-state index contributed by atoms with van der Waals surface area (Å²) in [5, 5.41) is 3.53. The highest BCUT2D eigenvalue weighted by molar-refractivity contribution is 5.82. The molecular formula is C22H21N7O. The molecule has 4 heterocycles. The minimum absolute atomic E-state index is 0.111. The molecular weight excluding hydrogens is 378 g/mol. The van der Waals surface area contributed by atoms with Crippen LogP contribution in [0.15, 0.2) is 58.7 Å². The van der Waals surface area contributed by atoms with Gasteiger partial charge in [0.15, 0.2) is 0 Å². The zero-order valence-corrected chi connectivity index (χ0v) is 16.8. The maximum atomic E-state index is 12.4. The largest absolute Gasteiger partial charge is 0.371 e. The van der Waals surface area contributed by atoms with Crippen LogP contribution in [0.1, 0.15) is 12.1 Å². The van der Waals surface area contributed by atoms with E-state index in [0.717, 1.165) is 53.5 Å². The van der Waals surface area contributed by atoms with Crippen LogP contribution in [0.2, 0.25) is 0 Å². The third kappa shape index (κ3) is 2.97. The Balaban J connectivity index is 1.66. The fourth-order valence-electron chi connectivity index (χ4n) is 3.86. The van der Waals surface area contributed by atoms with Gasteiger partial charge in [0.05, 0.1) is 0 Å². The number of nitrogens with one attached hydrogen (secondary N) is 1. The number of fused-ring (bicyclic) bond motifs is 3. The fraction of sp³-hybridized carbons (Fsp3) is 0.227. The number of hydrogen-bond donors (Lipinski definition) is 1. The predicted octanol–water partition coefficient (Wildman–Crippen LogP) is 2.25. The van der Waals surface area contributed by atoms with Gasteiger partial charge in [-0.1, -0.05) is 12.1 Å². The molecule has 8 heteroatoms. The van der Waals surface area contributed by atoms with Gasteiger partial charge in [-0.2, -0.15) is 4.98 Å². The number of hydrogen-bond acceptors (Lipinski definition) is 6. The highest BCUT2D eigenvalue weighted by Gasteiger charge is 2.21. The van der Waals surface area contributed by atoms with E-state index in [-0.39, 0.29) is 5.56 Å². The summed E-state index contributed by atoms with van der Waals surface area (Å²) in [5.74, 6) is 1.92. The van der Waals surface area contributed by atoms with E-state index in [1.807, 2.05) is 30.5 Å². The molecule has 3 aliphatic rings. The number of aromatic nitrogens is 5. The lowest BCUT2D eigenvalue weighted by Gasteiger charge is -2.27. The SMILES string of the molecule is CN=c1ncc2cc(-c3ccc(-n4ccnc(C)c4=O)cc3)c3n(c-2n1)CCCN3. The van der Waals surface area contributed by atoms with Gasteiger partial charge in [0, 0.05) is 55.5 Å². The molecule has 0 fully saturated rings. The number of anilines is 1. The second-order valence-electron chi connectivity index (χ2n) is 7.25. The molecule has 2 aromatic rings. The molecule has 0 radical (unpaired) electrons. The Bertz CT molecular complexity index is 1340. The minimum Gasteiger partial charge on any atom is -0.371 e. The maximum absolute atomic E-state index is 12.4. The first-order valence-electron chi connectivity index (χ1n) is 9.88. The van der Waals surface area contributed by atoms with Crippen molar-refractivity contribution in [3.8, 4) is 28.2 Å². The molecule has 0 spiro atoms. The summed E-state index contributed by atoms with van der Waals surface area (Å²) in [7, 11) is 1.70. The minimum atomic E-state index is -0.111. The van der Waals surface area contributed by atoms with Crippen molar-refractivity contribution < 1.29 is 0 Å². The van der Waals surface area contributed by atoms with Crippen molar-refractivity contribution in [3.63, 3.8) is 0 Å². The van der Waals surface area contributed by atoms with Gasteiger partial charge in [0.25, 0.3) is 5.56 Å². The van der Waals surface area contributed by atoms with Crippen molar-refractivity contribution in [1.29, 1.82) is 0 Å². The smallest absolute Gasteiger partial charge is 0.276 e. The van der Waals surface area contributed by atoms with Crippen LogP contribution < -0.4 is 16.5 Å². The van der Waals surface area contributed by atoms with Crippen LogP contribution in [0.4, 0.5) is 5.82 Å². The Morgan fingerprint density at radius 2 is 1.97 bits per heavy atom. The number of pyridine rings is 1. The van der Waals surface area contributed by atoms with Crippen molar-refractivity contribution in [2.45, 2.75) is 19.9 Å². The number of nitrogens with zero attached hydrogens (tertiary/aromatic N) is 6. The average Bonchev–Trinajstić information content (AvgIpc) is 2.80. The Hall–Kier alpha value is -3.81. The van der Waals surface area contributed by atoms with Crippen LogP contribution in [-0.2, 0) is 6.54 Å². The van der Waals surface area contributed by atoms with Gasteiger partial charge in [-0.15, -0.1) is 0 Å². The molecule has 1 N–H and O–H groups in total. The molecule has 3 aliphatic heterocycles. The first-order chi connectivity index (χ1) is 14.7. The predicted molar refractivity (Wildman–Crippen MR) is 115 cm³/mol. The van der Waals surface area contributed by atoms with Crippen LogP contribution >= 0.6 is 0 Å². The van der Waals surface area contributed by atoms with Gasteiger partial charge >= 0.3 is 0 Å². The molecule has 150 valence electrons. The molecule has 0 aliphatic carbocycles. The molecule has 0 atom stereocenters. The van der Waals surface area contributed by atoms with Crippen molar-refractivity contribution in [3.05, 3.63) is 70.6 Å². The van der Waals surface area contributed by atoms with Crippen molar-refractivity contribution in [2.75, 3.05) is 18.9 Å². The molecule has 5 rings (SSSR count). The standard InChI is InChI=1S/C22H21N7O/c1-14-21(30)28(11-9-24-14)17-6-4-15(5-7-17)18-12-16-13-26-22(23-2)27-19(16)29-10-3-8-25-20(18)29/h4-7,9,11-13,25H,3,8,10H2,1-2H3. The zero-order chi connectivity index (χ0) is 20.7. The summed E-state index contributed by atoms with van der Waals surface area (Å²) in [6, 6.07) is 10.1. The molecule has 30 heavy (non-hydrogen) atoms. The van der Waals surface area contributed by atoms with Crippen molar-refractivity contribution in [1.82, 2.24) is 24.1 Å². The number of benzene rings is 1. The van der Waals surface area contributed by atoms with E-state index in [9.17, 15) is 4.79 Å². The lowest BCUT2D eigenvalue weighted by Crippen LogP contribution is -2.25. The summed E-state index contributed by atoms with van der Waals surface area (Å²) in [6.07, 6.45) is 6.18. The fourth-order valence-corrected chi connectivity index (χ4v) is 3.86. The van der Waals surface area contributed by atoms with Crippen LogP contribution in [0, 0.1) is 6.92 Å². The van der Waals surface area contributed by atoms with Crippen LogP contribution in [0.5, 0.6) is 0 Å². The molecule has 0 amide bonds. The maximum Gasteiger partial charge on any atom is 0.276 e. The second kappa shape index (κ2) is 7.22. The van der Waals surface area contributed by atoms with Crippen LogP contribution in [0.25, 0.3) is 28.2 Å². The summed E-state index contributed by atoms with van der Waals surface area (Å²) in [6.45, 7) is 3.52. The quantitative estimate of drug-likeness (QED) is 0.558. The van der Waals surface area contributed by atoms with E-state index >= 15 is 0 Å². The normalized spacial score (nSPS) is 13.9. The topological polar surface area (TPSA) is 90.0 Å². The average molecular weight is 399 g/mol. The molecule has 1 aromatic carbocycles. The molecule has 0 saturated carbocycles. The van der Waals surface area contributed by atoms with E-state index < -0.39 is 0 Å². The highest BCUT2D eigenvalue weighted by Crippen LogP contribution is 2.36. The molecule has 8 nitrogen and oxygen atoms in total. The molecule has 0 saturated heterocycles. The lowest BCUT2D eigenvalue weighted by molar-refractivity contribution is 0.621. The summed E-state index contributed by atoms with van der Waals surface area (Å²) >= 11 is 0. The van der Waals surface area contributed by atoms with Crippen molar-refractivity contribution in [2.24, 2.45) is 4.99 Å². The Kier molecular flexibility index (Phi) is 4.39. The van der Waals surface area contributed by atoms with Crippen molar-refractivity contribution >= 4 is 5.82 Å². The Labute approximate surface area is 173 Å².